The van der Waals surface area contributed by atoms with Gasteiger partial charge in [-0.15, -0.1) is 6.58 Å². The maximum Gasteiger partial charge on any atom is 0.272 e. The van der Waals surface area contributed by atoms with E-state index in [2.05, 4.69) is 6.58 Å². The highest BCUT2D eigenvalue weighted by atomic mass is 16.6. The molecule has 0 bridgehead atoms. The third-order valence-corrected chi connectivity index (χ3v) is 2.06. The second kappa shape index (κ2) is 4.02. The van der Waals surface area contributed by atoms with Crippen LogP contribution in [0.4, 0.5) is 5.69 Å². The lowest BCUT2D eigenvalue weighted by Gasteiger charge is -2.07. The average Bonchev–Trinajstić information content (AvgIpc) is 2.15. The number of nitrogens with two attached hydrogens (primary N) is 1. The van der Waals surface area contributed by atoms with E-state index in [4.69, 9.17) is 5.73 Å². The fourth-order valence-corrected chi connectivity index (χ4v) is 1.23. The first-order chi connectivity index (χ1) is 6.56. The molecule has 0 spiro atoms. The zero-order chi connectivity index (χ0) is 10.7. The second-order valence-electron chi connectivity index (χ2n) is 3.06. The van der Waals surface area contributed by atoms with Gasteiger partial charge in [0.2, 0.25) is 0 Å². The van der Waals surface area contributed by atoms with Crippen LogP contribution < -0.4 is 5.73 Å². The molecule has 0 unspecified atom stereocenters. The Morgan fingerprint density at radius 2 is 2.29 bits per heavy atom. The second-order valence-corrected chi connectivity index (χ2v) is 3.06. The first-order valence-corrected chi connectivity index (χ1v) is 4.19. The van der Waals surface area contributed by atoms with Crippen LogP contribution in [0.2, 0.25) is 0 Å². The van der Waals surface area contributed by atoms with E-state index >= 15 is 0 Å². The molecule has 0 aliphatic rings. The minimum absolute atomic E-state index is 0.116. The van der Waals surface area contributed by atoms with Gasteiger partial charge < -0.3 is 5.73 Å². The van der Waals surface area contributed by atoms with Crippen molar-refractivity contribution in [2.45, 2.75) is 13.0 Å². The lowest BCUT2D eigenvalue weighted by molar-refractivity contribution is -0.385. The summed E-state index contributed by atoms with van der Waals surface area (Å²) < 4.78 is 0. The zero-order valence-corrected chi connectivity index (χ0v) is 7.93. The Kier molecular flexibility index (Phi) is 2.99. The van der Waals surface area contributed by atoms with Gasteiger partial charge in [-0.1, -0.05) is 12.1 Å². The van der Waals surface area contributed by atoms with Gasteiger partial charge in [0.15, 0.2) is 0 Å². The molecule has 74 valence electrons. The summed E-state index contributed by atoms with van der Waals surface area (Å²) in [5.74, 6) is 0. The molecule has 1 atom stereocenters. The number of rotatable bonds is 3. The van der Waals surface area contributed by atoms with Gasteiger partial charge in [0.05, 0.1) is 4.92 Å². The predicted octanol–water partition coefficient (Wildman–Crippen LogP) is 2.09. The van der Waals surface area contributed by atoms with Crippen LogP contribution >= 0.6 is 0 Å². The van der Waals surface area contributed by atoms with Crippen molar-refractivity contribution in [2.75, 3.05) is 0 Å². The first-order valence-electron chi connectivity index (χ1n) is 4.19. The van der Waals surface area contributed by atoms with Crippen LogP contribution in [0.3, 0.4) is 0 Å². The molecule has 1 rings (SSSR count). The number of benzene rings is 1. The number of nitro groups is 1. The molecule has 0 aliphatic heterocycles. The van der Waals surface area contributed by atoms with Crippen molar-refractivity contribution < 1.29 is 4.92 Å². The Labute approximate surface area is 82.2 Å². The smallest absolute Gasteiger partial charge is 0.272 e. The van der Waals surface area contributed by atoms with Gasteiger partial charge in [-0.05, 0) is 18.6 Å². The number of nitro benzene ring substituents is 1. The molecule has 0 aromatic heterocycles. The molecule has 0 fully saturated rings. The van der Waals surface area contributed by atoms with Crippen molar-refractivity contribution in [1.82, 2.24) is 0 Å². The first kappa shape index (κ1) is 10.4. The van der Waals surface area contributed by atoms with Crippen LogP contribution in [0.15, 0.2) is 30.9 Å². The van der Waals surface area contributed by atoms with Gasteiger partial charge in [-0.2, -0.15) is 0 Å². The van der Waals surface area contributed by atoms with Crippen molar-refractivity contribution in [3.8, 4) is 0 Å². The van der Waals surface area contributed by atoms with Crippen molar-refractivity contribution >= 4 is 5.69 Å². The summed E-state index contributed by atoms with van der Waals surface area (Å²) >= 11 is 0. The average molecular weight is 192 g/mol. The van der Waals surface area contributed by atoms with E-state index < -0.39 is 4.92 Å². The van der Waals surface area contributed by atoms with Crippen molar-refractivity contribution in [2.24, 2.45) is 5.73 Å². The third-order valence-electron chi connectivity index (χ3n) is 2.06. The van der Waals surface area contributed by atoms with Crippen molar-refractivity contribution in [1.29, 1.82) is 0 Å². The van der Waals surface area contributed by atoms with Crippen molar-refractivity contribution in [3.63, 3.8) is 0 Å². The lowest BCUT2D eigenvalue weighted by Crippen LogP contribution is -2.06. The number of aryl methyl sites for hydroxylation is 1. The van der Waals surface area contributed by atoms with Crippen LogP contribution in [-0.4, -0.2) is 4.92 Å². The Morgan fingerprint density at radius 1 is 1.64 bits per heavy atom. The zero-order valence-electron chi connectivity index (χ0n) is 7.93. The maximum atomic E-state index is 10.5. The monoisotopic (exact) mass is 192 g/mol. The fraction of sp³-hybridized carbons (Fsp3) is 0.200. The molecule has 0 saturated heterocycles. The largest absolute Gasteiger partial charge is 0.321 e. The SMILES string of the molecule is C=C[C@H](N)c1ccc([N+](=O)[O-])c(C)c1. The highest BCUT2D eigenvalue weighted by Gasteiger charge is 2.11. The minimum Gasteiger partial charge on any atom is -0.321 e. The van der Waals surface area contributed by atoms with Crippen LogP contribution in [0.25, 0.3) is 0 Å². The summed E-state index contributed by atoms with van der Waals surface area (Å²) in [6, 6.07) is 4.56. The van der Waals surface area contributed by atoms with E-state index in [1.165, 1.54) is 6.07 Å². The Morgan fingerprint density at radius 3 is 2.71 bits per heavy atom. The van der Waals surface area contributed by atoms with E-state index in [0.717, 1.165) is 5.56 Å². The summed E-state index contributed by atoms with van der Waals surface area (Å²) in [6.45, 7) is 5.26. The molecule has 4 nitrogen and oxygen atoms in total. The summed E-state index contributed by atoms with van der Waals surface area (Å²) in [5.41, 5.74) is 7.27. The molecule has 1 aromatic rings. The molecule has 1 aromatic carbocycles. The Bertz CT molecular complexity index is 374. The van der Waals surface area contributed by atoms with Crippen LogP contribution in [0.5, 0.6) is 0 Å². The van der Waals surface area contributed by atoms with Crippen molar-refractivity contribution in [3.05, 3.63) is 52.1 Å². The van der Waals surface area contributed by atoms with Crippen LogP contribution in [0.1, 0.15) is 17.2 Å². The Hall–Kier alpha value is -1.68. The summed E-state index contributed by atoms with van der Waals surface area (Å²) in [4.78, 5) is 10.1. The van der Waals surface area contributed by atoms with Crippen LogP contribution in [-0.2, 0) is 0 Å². The molecule has 0 radical (unpaired) electrons. The summed E-state index contributed by atoms with van der Waals surface area (Å²) in [5, 5.41) is 10.5. The van der Waals surface area contributed by atoms with Gasteiger partial charge in [-0.25, -0.2) is 0 Å². The van der Waals surface area contributed by atoms with Gasteiger partial charge in [0.1, 0.15) is 0 Å². The highest BCUT2D eigenvalue weighted by molar-refractivity contribution is 5.43. The van der Waals surface area contributed by atoms with E-state index in [1.807, 2.05) is 0 Å². The Balaban J connectivity index is 3.12. The minimum atomic E-state index is -0.404. The molecule has 0 heterocycles. The van der Waals surface area contributed by atoms with Gasteiger partial charge in [0.25, 0.3) is 5.69 Å². The topological polar surface area (TPSA) is 69.2 Å². The fourth-order valence-electron chi connectivity index (χ4n) is 1.23. The normalized spacial score (nSPS) is 12.1. The molecule has 14 heavy (non-hydrogen) atoms. The molecule has 0 aliphatic carbocycles. The van der Waals surface area contributed by atoms with E-state index in [9.17, 15) is 10.1 Å². The molecule has 2 N–H and O–H groups in total. The van der Waals surface area contributed by atoms with Crippen LogP contribution in [0, 0.1) is 17.0 Å². The van der Waals surface area contributed by atoms with E-state index in [-0.39, 0.29) is 11.7 Å². The predicted molar refractivity (Wildman–Crippen MR) is 55.0 cm³/mol. The quantitative estimate of drug-likeness (QED) is 0.453. The molecule has 0 saturated carbocycles. The standard InChI is InChI=1S/C10H12N2O2/c1-3-9(11)8-4-5-10(12(13)14)7(2)6-8/h3-6,9H,1,11H2,2H3/t9-/m0/s1. The highest BCUT2D eigenvalue weighted by Crippen LogP contribution is 2.21. The van der Waals surface area contributed by atoms with E-state index in [0.29, 0.717) is 5.56 Å². The number of hydrogen-bond acceptors (Lipinski definition) is 3. The molecule has 4 heteroatoms. The molecular formula is C10H12N2O2. The maximum absolute atomic E-state index is 10.5. The molecular weight excluding hydrogens is 180 g/mol. The van der Waals surface area contributed by atoms with Gasteiger partial charge in [0, 0.05) is 17.7 Å². The molecule has 0 amide bonds. The van der Waals surface area contributed by atoms with Gasteiger partial charge >= 0.3 is 0 Å². The number of hydrogen-bond donors (Lipinski definition) is 1. The number of nitrogens with zero attached hydrogens (tertiary/aromatic N) is 1. The summed E-state index contributed by atoms with van der Waals surface area (Å²) in [7, 11) is 0. The lowest BCUT2D eigenvalue weighted by atomic mass is 10.0. The third kappa shape index (κ3) is 1.97. The van der Waals surface area contributed by atoms with Gasteiger partial charge in [-0.3, -0.25) is 10.1 Å². The summed E-state index contributed by atoms with van der Waals surface area (Å²) in [6.07, 6.45) is 1.60. The van der Waals surface area contributed by atoms with E-state index in [1.54, 1.807) is 25.1 Å².